The second-order valence-electron chi connectivity index (χ2n) is 11.3. The topological polar surface area (TPSA) is 135 Å². The van der Waals surface area contributed by atoms with Crippen molar-refractivity contribution < 1.29 is 31.9 Å². The number of hydrogen-bond acceptors (Lipinski definition) is 11. The van der Waals surface area contributed by atoms with Crippen molar-refractivity contribution in [3.63, 3.8) is 0 Å². The number of carbonyl (C=O) groups excluding carboxylic acids is 2. The average Bonchev–Trinajstić information content (AvgIpc) is 3.72. The number of anilines is 3. The van der Waals surface area contributed by atoms with Crippen LogP contribution in [0.25, 0.3) is 0 Å². The minimum atomic E-state index is -3.33. The number of hydrogen-bond donors (Lipinski definition) is 2. The fourth-order valence-corrected chi connectivity index (χ4v) is 7.16. The van der Waals surface area contributed by atoms with Crippen LogP contribution in [0.4, 0.5) is 33.6 Å². The zero-order valence-electron chi connectivity index (χ0n) is 24.4. The predicted octanol–water partition coefficient (Wildman–Crippen LogP) is 5.65. The molecular weight excluding hydrogens is 648 g/mol. The Morgan fingerprint density at radius 1 is 0.935 bits per heavy atom. The molecule has 1 aromatic carbocycles. The van der Waals surface area contributed by atoms with Crippen molar-refractivity contribution in [1.82, 2.24) is 25.4 Å². The largest absolute Gasteiger partial charge is 0.433 e. The summed E-state index contributed by atoms with van der Waals surface area (Å²) in [7, 11) is 0. The van der Waals surface area contributed by atoms with Gasteiger partial charge in [-0.1, -0.05) is 40.9 Å². The molecule has 1 saturated heterocycles. The Labute approximate surface area is 268 Å². The van der Waals surface area contributed by atoms with Crippen LogP contribution < -0.4 is 20.3 Å². The summed E-state index contributed by atoms with van der Waals surface area (Å²) in [4.78, 5) is 31.0. The molecule has 0 bridgehead atoms. The second-order valence-corrected chi connectivity index (χ2v) is 13.3. The third-order valence-corrected chi connectivity index (χ3v) is 9.37. The van der Waals surface area contributed by atoms with E-state index in [1.165, 1.54) is 39.7 Å². The summed E-state index contributed by atoms with van der Waals surface area (Å²) >= 11 is 2.58. The van der Waals surface area contributed by atoms with Crippen molar-refractivity contribution in [2.24, 2.45) is 0 Å². The summed E-state index contributed by atoms with van der Waals surface area (Å²) in [6.45, 7) is -0.130. The molecule has 3 aromatic heterocycles. The number of ether oxygens (including phenoxy) is 1. The van der Waals surface area contributed by atoms with Gasteiger partial charge in [-0.25, -0.2) is 13.8 Å². The molecule has 242 valence electrons. The highest BCUT2D eigenvalue weighted by Gasteiger charge is 2.44. The molecule has 2 atom stereocenters. The minimum Gasteiger partial charge on any atom is -0.433 e. The van der Waals surface area contributed by atoms with Gasteiger partial charge in [0, 0.05) is 18.8 Å². The fraction of sp³-hybridized carbons (Fsp3) is 0.414. The van der Waals surface area contributed by atoms with Crippen LogP contribution in [-0.2, 0) is 22.4 Å². The van der Waals surface area contributed by atoms with E-state index in [4.69, 9.17) is 0 Å². The van der Waals surface area contributed by atoms with Crippen molar-refractivity contribution in [2.75, 3.05) is 28.6 Å². The van der Waals surface area contributed by atoms with E-state index in [2.05, 4.69) is 40.7 Å². The average molecular weight is 677 g/mol. The lowest BCUT2D eigenvalue weighted by atomic mass is 10.1. The molecule has 6 rings (SSSR count). The highest BCUT2D eigenvalue weighted by molar-refractivity contribution is 7.15. The maximum Gasteiger partial charge on any atom is 0.394 e. The van der Waals surface area contributed by atoms with E-state index in [0.717, 1.165) is 29.3 Å². The molecule has 2 aliphatic rings. The molecule has 2 N–H and O–H groups in total. The number of aromatic nitrogens is 5. The summed E-state index contributed by atoms with van der Waals surface area (Å²) in [5, 5.41) is 24.6. The molecule has 4 aromatic rings. The maximum atomic E-state index is 13.2. The zero-order valence-corrected chi connectivity index (χ0v) is 26.0. The van der Waals surface area contributed by atoms with Crippen LogP contribution in [-0.4, -0.2) is 62.3 Å². The molecule has 17 heteroatoms. The number of amides is 2. The third kappa shape index (κ3) is 8.12. The molecule has 2 fully saturated rings. The van der Waals surface area contributed by atoms with Gasteiger partial charge in [-0.3, -0.25) is 9.59 Å². The molecule has 0 unspecified atom stereocenters. The van der Waals surface area contributed by atoms with Crippen molar-refractivity contribution >= 4 is 50.6 Å². The van der Waals surface area contributed by atoms with Gasteiger partial charge in [0.15, 0.2) is 0 Å². The SMILES string of the molecule is CC(F)(F)Oc1cccc(CC(=O)Nc2nnc([C@H]3CC[C@H](c4nnc(NC(=O)Cc5cccc(N6CC(F)(F)C6)n5)s4)C3)s2)c1. The van der Waals surface area contributed by atoms with Crippen LogP contribution in [0.3, 0.4) is 0 Å². The van der Waals surface area contributed by atoms with Gasteiger partial charge in [0.2, 0.25) is 22.1 Å². The highest BCUT2D eigenvalue weighted by Crippen LogP contribution is 2.45. The standard InChI is InChI=1S/C29H28F4N8O3S2/c1-28(30,31)44-20-6-2-4-16(10-20)11-22(42)35-26-39-37-24(45-26)17-8-9-18(12-17)25-38-40-27(46-25)36-23(43)13-19-5-3-7-21(34-19)41-14-29(32,33)15-41/h2-7,10,17-18H,8-9,11-15H2,1H3,(H,35,39,42)(H,36,40,43)/t17-,18-/m0/s1. The third-order valence-electron chi connectivity index (χ3n) is 7.37. The first-order valence-electron chi connectivity index (χ1n) is 14.4. The Balaban J connectivity index is 0.978. The number of pyridine rings is 1. The van der Waals surface area contributed by atoms with Gasteiger partial charge in [0.25, 0.3) is 5.92 Å². The molecule has 0 spiro atoms. The van der Waals surface area contributed by atoms with Crippen LogP contribution in [0.1, 0.15) is 59.3 Å². The number of nitrogens with one attached hydrogen (secondary N) is 2. The van der Waals surface area contributed by atoms with Crippen molar-refractivity contribution in [1.29, 1.82) is 0 Å². The summed E-state index contributed by atoms with van der Waals surface area (Å²) in [5.41, 5.74) is 0.974. The van der Waals surface area contributed by atoms with Crippen LogP contribution in [0.15, 0.2) is 42.5 Å². The Morgan fingerprint density at radius 3 is 2.15 bits per heavy atom. The van der Waals surface area contributed by atoms with Gasteiger partial charge < -0.3 is 20.3 Å². The second kappa shape index (κ2) is 12.9. The number of halogens is 4. The molecule has 46 heavy (non-hydrogen) atoms. The van der Waals surface area contributed by atoms with Crippen molar-refractivity contribution in [3.05, 3.63) is 63.7 Å². The minimum absolute atomic E-state index is 0.0316. The summed E-state index contributed by atoms with van der Waals surface area (Å²) in [6, 6.07) is 11.0. The Morgan fingerprint density at radius 2 is 1.54 bits per heavy atom. The van der Waals surface area contributed by atoms with Crippen molar-refractivity contribution in [2.45, 2.75) is 62.9 Å². The van der Waals surface area contributed by atoms with E-state index in [1.54, 1.807) is 30.3 Å². The Hall–Kier alpha value is -4.25. The van der Waals surface area contributed by atoms with Gasteiger partial charge in [-0.15, -0.1) is 20.4 Å². The lowest BCUT2D eigenvalue weighted by molar-refractivity contribution is -0.159. The zero-order chi connectivity index (χ0) is 32.5. The van der Waals surface area contributed by atoms with E-state index < -0.39 is 12.0 Å². The number of benzene rings is 1. The predicted molar refractivity (Wildman–Crippen MR) is 163 cm³/mol. The first-order valence-corrected chi connectivity index (χ1v) is 16.0. The Bertz CT molecular complexity index is 1720. The summed E-state index contributed by atoms with van der Waals surface area (Å²) in [5.74, 6) is -2.79. The molecule has 1 aliphatic heterocycles. The molecule has 0 radical (unpaired) electrons. The van der Waals surface area contributed by atoms with Gasteiger partial charge in [-0.05, 0) is 49.1 Å². The lowest BCUT2D eigenvalue weighted by Crippen LogP contribution is -2.56. The molecule has 1 saturated carbocycles. The maximum absolute atomic E-state index is 13.2. The Kier molecular flexibility index (Phi) is 8.87. The smallest absolute Gasteiger partial charge is 0.394 e. The first-order chi connectivity index (χ1) is 21.9. The van der Waals surface area contributed by atoms with Crippen LogP contribution in [0.5, 0.6) is 5.75 Å². The van der Waals surface area contributed by atoms with Gasteiger partial charge in [0.05, 0.1) is 31.6 Å². The fourth-order valence-electron chi connectivity index (χ4n) is 5.35. The quantitative estimate of drug-likeness (QED) is 0.194. The normalized spacial score (nSPS) is 19.0. The van der Waals surface area contributed by atoms with Crippen LogP contribution >= 0.6 is 22.7 Å². The molecule has 2 amide bonds. The number of alkyl halides is 4. The molecular formula is C29H28F4N8O3S2. The number of nitrogens with zero attached hydrogens (tertiary/aromatic N) is 6. The van der Waals surface area contributed by atoms with Crippen LogP contribution in [0, 0.1) is 0 Å². The number of rotatable bonds is 11. The van der Waals surface area contributed by atoms with E-state index in [9.17, 15) is 27.2 Å². The van der Waals surface area contributed by atoms with E-state index in [-0.39, 0.29) is 55.3 Å². The van der Waals surface area contributed by atoms with Crippen LogP contribution in [0.2, 0.25) is 0 Å². The van der Waals surface area contributed by atoms with E-state index in [0.29, 0.717) is 34.3 Å². The summed E-state index contributed by atoms with van der Waals surface area (Å²) < 4.78 is 57.3. The van der Waals surface area contributed by atoms with Gasteiger partial charge >= 0.3 is 6.11 Å². The molecule has 1 aliphatic carbocycles. The van der Waals surface area contributed by atoms with E-state index >= 15 is 0 Å². The lowest BCUT2D eigenvalue weighted by Gasteiger charge is -2.39. The van der Waals surface area contributed by atoms with Gasteiger partial charge in [0.1, 0.15) is 21.6 Å². The molecule has 4 heterocycles. The molecule has 11 nitrogen and oxygen atoms in total. The number of carbonyl (C=O) groups is 2. The first kappa shape index (κ1) is 31.7. The highest BCUT2D eigenvalue weighted by atomic mass is 32.1. The van der Waals surface area contributed by atoms with Gasteiger partial charge in [-0.2, -0.15) is 8.78 Å². The monoisotopic (exact) mass is 676 g/mol. The van der Waals surface area contributed by atoms with E-state index in [1.807, 2.05) is 0 Å². The summed E-state index contributed by atoms with van der Waals surface area (Å²) in [6.07, 6.45) is -0.971. The van der Waals surface area contributed by atoms with Crippen molar-refractivity contribution in [3.8, 4) is 5.75 Å².